The van der Waals surface area contributed by atoms with Crippen molar-refractivity contribution in [2.75, 3.05) is 28.4 Å². The van der Waals surface area contributed by atoms with Crippen molar-refractivity contribution in [3.8, 4) is 34.5 Å². The molecule has 0 spiro atoms. The molecule has 0 unspecified atom stereocenters. The third-order valence-corrected chi connectivity index (χ3v) is 7.85. The average Bonchev–Trinajstić information content (AvgIpc) is 3.75. The predicted molar refractivity (Wildman–Crippen MR) is 191 cm³/mol. The molecule has 2 aromatic heterocycles. The van der Waals surface area contributed by atoms with Gasteiger partial charge >= 0.3 is 0 Å². The summed E-state index contributed by atoms with van der Waals surface area (Å²) in [6, 6.07) is 24.9. The number of hydrogen-bond acceptors (Lipinski definition) is 8. The maximum absolute atomic E-state index is 11.2. The number of aromatic nitrogens is 2. The number of halogens is 1. The first kappa shape index (κ1) is 36.0. The second kappa shape index (κ2) is 16.8. The number of ether oxygens (including phenoxy) is 5. The van der Waals surface area contributed by atoms with Crippen LogP contribution >= 0.6 is 15.9 Å². The lowest BCUT2D eigenvalue weighted by molar-refractivity contribution is 0.0988. The van der Waals surface area contributed by atoms with Gasteiger partial charge in [-0.05, 0) is 84.9 Å². The summed E-state index contributed by atoms with van der Waals surface area (Å²) >= 11 is 3.38. The Morgan fingerprint density at radius 3 is 1.63 bits per heavy atom. The Morgan fingerprint density at radius 1 is 0.633 bits per heavy atom. The van der Waals surface area contributed by atoms with Crippen LogP contribution < -0.4 is 35.2 Å². The molecule has 2 amide bonds. The number of aromatic amines is 2. The van der Waals surface area contributed by atoms with Crippen molar-refractivity contribution >= 4 is 49.6 Å². The van der Waals surface area contributed by atoms with Crippen LogP contribution in [0.15, 0.2) is 84.9 Å². The van der Waals surface area contributed by atoms with E-state index in [1.54, 1.807) is 58.8 Å². The number of alkyl halides is 1. The van der Waals surface area contributed by atoms with Gasteiger partial charge in [-0.25, -0.2) is 0 Å². The molecule has 0 bridgehead atoms. The van der Waals surface area contributed by atoms with Crippen LogP contribution in [-0.2, 0) is 11.9 Å². The highest BCUT2D eigenvalue weighted by atomic mass is 79.9. The Kier molecular flexibility index (Phi) is 12.4. The van der Waals surface area contributed by atoms with E-state index in [9.17, 15) is 9.59 Å². The van der Waals surface area contributed by atoms with Crippen molar-refractivity contribution < 1.29 is 38.4 Å². The minimum Gasteiger partial charge on any atom is -0.508 e. The van der Waals surface area contributed by atoms with Crippen LogP contribution in [0.25, 0.3) is 21.8 Å². The Bertz CT molecular complexity index is 2060. The van der Waals surface area contributed by atoms with Gasteiger partial charge in [-0.2, -0.15) is 0 Å². The third kappa shape index (κ3) is 9.39. The Labute approximate surface area is 291 Å². The lowest BCUT2D eigenvalue weighted by Crippen LogP contribution is -2.10. The number of methoxy groups -OCH3 is 4. The molecule has 49 heavy (non-hydrogen) atoms. The number of amides is 2. The number of hydrogen-bond donors (Lipinski definition) is 5. The second-order valence-corrected chi connectivity index (χ2v) is 11.0. The van der Waals surface area contributed by atoms with Crippen molar-refractivity contribution in [3.63, 3.8) is 0 Å². The van der Waals surface area contributed by atoms with Gasteiger partial charge in [0.25, 0.3) is 11.8 Å². The maximum atomic E-state index is 11.2. The summed E-state index contributed by atoms with van der Waals surface area (Å²) in [5.74, 6) is 3.06. The SMILES string of the molecule is COc1ccc(OC)c(CBr)c1.COc1ccc(OC)c(COc2ccc3[nH]c(C(N)=O)cc3c2)c1.NC(=O)c1cc2cc(O)ccc2[nH]1. The third-order valence-electron chi connectivity index (χ3n) is 7.24. The first-order chi connectivity index (χ1) is 23.6. The van der Waals surface area contributed by atoms with Gasteiger partial charge in [-0.3, -0.25) is 9.59 Å². The molecule has 0 aliphatic heterocycles. The van der Waals surface area contributed by atoms with Gasteiger partial charge < -0.3 is 50.2 Å². The van der Waals surface area contributed by atoms with E-state index in [0.717, 1.165) is 61.3 Å². The number of benzene rings is 4. The number of aromatic hydroxyl groups is 1. The van der Waals surface area contributed by atoms with Crippen molar-refractivity contribution in [2.24, 2.45) is 11.5 Å². The molecule has 4 aromatic carbocycles. The van der Waals surface area contributed by atoms with E-state index in [1.165, 1.54) is 0 Å². The lowest BCUT2D eigenvalue weighted by atomic mass is 10.2. The zero-order chi connectivity index (χ0) is 35.5. The summed E-state index contributed by atoms with van der Waals surface area (Å²) in [6.45, 7) is 0.332. The molecule has 256 valence electrons. The van der Waals surface area contributed by atoms with Gasteiger partial charge in [0, 0.05) is 38.3 Å². The van der Waals surface area contributed by atoms with E-state index in [4.69, 9.17) is 40.3 Å². The molecule has 12 nitrogen and oxygen atoms in total. The molecule has 0 saturated heterocycles. The van der Waals surface area contributed by atoms with Crippen LogP contribution in [0, 0.1) is 0 Å². The average molecular weight is 734 g/mol. The number of carbonyl (C=O) groups is 2. The fourth-order valence-electron chi connectivity index (χ4n) is 4.73. The fourth-order valence-corrected chi connectivity index (χ4v) is 5.17. The number of phenolic OH excluding ortho intramolecular Hbond substituents is 1. The van der Waals surface area contributed by atoms with E-state index >= 15 is 0 Å². The molecule has 2 heterocycles. The summed E-state index contributed by atoms with van der Waals surface area (Å²) in [7, 11) is 6.54. The normalized spacial score (nSPS) is 10.3. The van der Waals surface area contributed by atoms with Crippen LogP contribution in [0.2, 0.25) is 0 Å². The zero-order valence-electron chi connectivity index (χ0n) is 27.3. The summed E-state index contributed by atoms with van der Waals surface area (Å²) in [6.07, 6.45) is 0. The summed E-state index contributed by atoms with van der Waals surface area (Å²) in [5.41, 5.74) is 14.7. The maximum Gasteiger partial charge on any atom is 0.265 e. The highest BCUT2D eigenvalue weighted by Gasteiger charge is 2.09. The van der Waals surface area contributed by atoms with Gasteiger partial charge in [0.2, 0.25) is 0 Å². The van der Waals surface area contributed by atoms with E-state index in [0.29, 0.717) is 23.7 Å². The first-order valence-electron chi connectivity index (χ1n) is 14.7. The molecule has 7 N–H and O–H groups in total. The van der Waals surface area contributed by atoms with Gasteiger partial charge in [-0.15, -0.1) is 0 Å². The van der Waals surface area contributed by atoms with Crippen LogP contribution in [-0.4, -0.2) is 55.3 Å². The van der Waals surface area contributed by atoms with Gasteiger partial charge in [-0.1, -0.05) is 15.9 Å². The molecule has 0 aliphatic carbocycles. The smallest absolute Gasteiger partial charge is 0.265 e. The minimum absolute atomic E-state index is 0.169. The number of phenols is 1. The summed E-state index contributed by atoms with van der Waals surface area (Å²) in [4.78, 5) is 27.8. The Balaban J connectivity index is 0.000000182. The number of primary amides is 2. The molecular formula is C36H37BrN4O8. The molecule has 13 heteroatoms. The molecule has 0 atom stereocenters. The number of rotatable bonds is 10. The van der Waals surface area contributed by atoms with Crippen LogP contribution in [0.3, 0.4) is 0 Å². The zero-order valence-corrected chi connectivity index (χ0v) is 28.9. The van der Waals surface area contributed by atoms with Crippen molar-refractivity contribution in [1.82, 2.24) is 9.97 Å². The van der Waals surface area contributed by atoms with Crippen molar-refractivity contribution in [2.45, 2.75) is 11.9 Å². The molecular weight excluding hydrogens is 696 g/mol. The monoisotopic (exact) mass is 732 g/mol. The molecule has 6 rings (SSSR count). The number of nitrogens with one attached hydrogen (secondary N) is 2. The predicted octanol–water partition coefficient (Wildman–Crippen LogP) is 6.43. The van der Waals surface area contributed by atoms with E-state index < -0.39 is 11.8 Å². The summed E-state index contributed by atoms with van der Waals surface area (Å²) in [5, 5.41) is 11.6. The van der Waals surface area contributed by atoms with Crippen molar-refractivity contribution in [1.29, 1.82) is 0 Å². The lowest BCUT2D eigenvalue weighted by Gasteiger charge is -2.12. The minimum atomic E-state index is -0.504. The first-order valence-corrected chi connectivity index (χ1v) is 15.9. The van der Waals surface area contributed by atoms with Crippen LogP contribution in [0.5, 0.6) is 34.5 Å². The number of H-pyrrole nitrogens is 2. The van der Waals surface area contributed by atoms with Crippen molar-refractivity contribution in [3.05, 3.63) is 107 Å². The molecule has 0 saturated carbocycles. The molecule has 0 radical (unpaired) electrons. The van der Waals surface area contributed by atoms with E-state index in [1.807, 2.05) is 54.6 Å². The molecule has 0 aliphatic rings. The highest BCUT2D eigenvalue weighted by Crippen LogP contribution is 2.28. The van der Waals surface area contributed by atoms with Gasteiger partial charge in [0.05, 0.1) is 28.4 Å². The Morgan fingerprint density at radius 2 is 1.12 bits per heavy atom. The van der Waals surface area contributed by atoms with Crippen LogP contribution in [0.1, 0.15) is 32.1 Å². The quantitative estimate of drug-likeness (QED) is 0.0997. The van der Waals surface area contributed by atoms with Gasteiger partial charge in [0.15, 0.2) is 0 Å². The summed E-state index contributed by atoms with van der Waals surface area (Å²) < 4.78 is 26.6. The number of fused-ring (bicyclic) bond motifs is 2. The number of nitrogens with two attached hydrogens (primary N) is 2. The molecule has 0 fully saturated rings. The second-order valence-electron chi connectivity index (χ2n) is 10.4. The molecule has 6 aromatic rings. The van der Waals surface area contributed by atoms with E-state index in [-0.39, 0.29) is 5.75 Å². The Hall–Kier alpha value is -5.82. The van der Waals surface area contributed by atoms with E-state index in [2.05, 4.69) is 25.9 Å². The fraction of sp³-hybridized carbons (Fsp3) is 0.167. The van der Waals surface area contributed by atoms with Crippen LogP contribution in [0.4, 0.5) is 0 Å². The topological polar surface area (TPSA) is 184 Å². The largest absolute Gasteiger partial charge is 0.508 e. The highest BCUT2D eigenvalue weighted by molar-refractivity contribution is 9.08. The number of carbonyl (C=O) groups excluding carboxylic acids is 2. The van der Waals surface area contributed by atoms with Gasteiger partial charge in [0.1, 0.15) is 52.5 Å². The standard InChI is InChI=1S/C18H18N2O4.C9H11BrO2.C9H8N2O2/c1-22-13-4-6-17(23-2)12(8-13)10-24-14-3-5-15-11(7-14)9-16(20-15)18(19)21;1-11-8-3-4-9(12-2)7(5-8)6-10;10-9(13)8-4-5-3-6(12)1-2-7(5)11-8/h3-9,20H,10H2,1-2H3,(H2,19,21);3-5H,6H2,1-2H3;1-4,11-12H,(H2,10,13).